The van der Waals surface area contributed by atoms with Crippen LogP contribution in [0, 0.1) is 6.92 Å². The average molecular weight is 267 g/mol. The van der Waals surface area contributed by atoms with Crippen LogP contribution in [0.15, 0.2) is 24.3 Å². The van der Waals surface area contributed by atoms with Crippen molar-refractivity contribution in [3.05, 3.63) is 41.1 Å². The molecule has 0 atom stereocenters. The zero-order valence-corrected chi connectivity index (χ0v) is 11.7. The Balaban J connectivity index is 1.86. The summed E-state index contributed by atoms with van der Waals surface area (Å²) < 4.78 is 4.03. The van der Waals surface area contributed by atoms with Gasteiger partial charge in [0.1, 0.15) is 5.52 Å². The van der Waals surface area contributed by atoms with E-state index in [9.17, 15) is 0 Å². The molecule has 2 heterocycles. The van der Waals surface area contributed by atoms with Gasteiger partial charge < -0.3 is 5.73 Å². The lowest BCUT2D eigenvalue weighted by atomic mass is 10.1. The Morgan fingerprint density at radius 1 is 1.20 bits per heavy atom. The number of fused-ring (bicyclic) bond motifs is 2. The van der Waals surface area contributed by atoms with Crippen LogP contribution in [-0.4, -0.2) is 19.3 Å². The van der Waals surface area contributed by atoms with Crippen molar-refractivity contribution in [1.82, 2.24) is 19.3 Å². The molecule has 0 saturated heterocycles. The first-order valence-corrected chi connectivity index (χ1v) is 6.89. The molecular weight excluding hydrogens is 250 g/mol. The second kappa shape index (κ2) is 3.85. The minimum Gasteiger partial charge on any atom is -0.369 e. The smallest absolute Gasteiger partial charge is 0.202 e. The van der Waals surface area contributed by atoms with Crippen molar-refractivity contribution in [2.45, 2.75) is 25.8 Å². The summed E-state index contributed by atoms with van der Waals surface area (Å²) >= 11 is 0. The van der Waals surface area contributed by atoms with Crippen molar-refractivity contribution in [1.29, 1.82) is 0 Å². The van der Waals surface area contributed by atoms with E-state index in [-0.39, 0.29) is 0 Å². The summed E-state index contributed by atoms with van der Waals surface area (Å²) in [5.74, 6) is 0.592. The molecule has 5 nitrogen and oxygen atoms in total. The van der Waals surface area contributed by atoms with Crippen LogP contribution in [0.2, 0.25) is 0 Å². The molecule has 0 amide bonds. The summed E-state index contributed by atoms with van der Waals surface area (Å²) in [5.41, 5.74) is 11.9. The molecule has 20 heavy (non-hydrogen) atoms. The predicted molar refractivity (Wildman–Crippen MR) is 78.5 cm³/mol. The zero-order valence-electron chi connectivity index (χ0n) is 11.7. The van der Waals surface area contributed by atoms with Gasteiger partial charge in [-0.15, -0.1) is 0 Å². The first-order valence-electron chi connectivity index (χ1n) is 6.89. The van der Waals surface area contributed by atoms with Crippen LogP contribution < -0.4 is 5.73 Å². The highest BCUT2D eigenvalue weighted by Crippen LogP contribution is 2.34. The molecule has 0 fully saturated rings. The van der Waals surface area contributed by atoms with Gasteiger partial charge in [-0.2, -0.15) is 5.10 Å². The lowest BCUT2D eigenvalue weighted by Crippen LogP contribution is -2.14. The van der Waals surface area contributed by atoms with E-state index in [2.05, 4.69) is 38.9 Å². The van der Waals surface area contributed by atoms with Crippen LogP contribution in [0.5, 0.6) is 0 Å². The quantitative estimate of drug-likeness (QED) is 0.733. The fourth-order valence-corrected chi connectivity index (χ4v) is 3.39. The average Bonchev–Trinajstić information content (AvgIpc) is 3.04. The van der Waals surface area contributed by atoms with Gasteiger partial charge in [0, 0.05) is 13.1 Å². The summed E-state index contributed by atoms with van der Waals surface area (Å²) in [4.78, 5) is 4.50. The van der Waals surface area contributed by atoms with Gasteiger partial charge in [-0.3, -0.25) is 9.25 Å². The van der Waals surface area contributed by atoms with E-state index in [1.807, 2.05) is 18.7 Å². The molecular formula is C15H17N5. The van der Waals surface area contributed by atoms with Gasteiger partial charge >= 0.3 is 0 Å². The molecule has 1 aromatic carbocycles. The van der Waals surface area contributed by atoms with Crippen LogP contribution >= 0.6 is 0 Å². The SMILES string of the molecule is Cc1nn(C)c2c1nc(N)n2C1Cc2ccccc2C1. The predicted octanol–water partition coefficient (Wildman–Crippen LogP) is 2.00. The minimum atomic E-state index is 0.340. The van der Waals surface area contributed by atoms with E-state index < -0.39 is 0 Å². The van der Waals surface area contributed by atoms with E-state index in [0.29, 0.717) is 12.0 Å². The molecule has 2 N–H and O–H groups in total. The standard InChI is InChI=1S/C15H17N5/c1-9-13-14(19(2)18-9)20(15(16)17-13)12-7-10-5-3-4-6-11(10)8-12/h3-6,12H,7-8H2,1-2H3,(H2,16,17). The van der Waals surface area contributed by atoms with Crippen LogP contribution in [0.1, 0.15) is 22.9 Å². The van der Waals surface area contributed by atoms with E-state index in [4.69, 9.17) is 5.73 Å². The number of nitrogens with two attached hydrogens (primary N) is 1. The number of rotatable bonds is 1. The fraction of sp³-hybridized carbons (Fsp3) is 0.333. The largest absolute Gasteiger partial charge is 0.369 e. The Morgan fingerprint density at radius 3 is 2.50 bits per heavy atom. The first-order chi connectivity index (χ1) is 9.65. The molecule has 0 spiro atoms. The number of hydrogen-bond donors (Lipinski definition) is 1. The maximum atomic E-state index is 6.16. The minimum absolute atomic E-state index is 0.340. The van der Waals surface area contributed by atoms with Crippen molar-refractivity contribution >= 4 is 17.1 Å². The van der Waals surface area contributed by atoms with Crippen LogP contribution in [-0.2, 0) is 19.9 Å². The third kappa shape index (κ3) is 1.43. The Labute approximate surface area is 117 Å². The molecule has 102 valence electrons. The molecule has 5 heteroatoms. The van der Waals surface area contributed by atoms with E-state index in [0.717, 1.165) is 29.7 Å². The topological polar surface area (TPSA) is 61.7 Å². The van der Waals surface area contributed by atoms with Crippen LogP contribution in [0.25, 0.3) is 11.2 Å². The maximum absolute atomic E-state index is 6.16. The monoisotopic (exact) mass is 267 g/mol. The maximum Gasteiger partial charge on any atom is 0.202 e. The molecule has 0 saturated carbocycles. The van der Waals surface area contributed by atoms with Gasteiger partial charge in [-0.1, -0.05) is 24.3 Å². The van der Waals surface area contributed by atoms with Crippen molar-refractivity contribution in [3.8, 4) is 0 Å². The molecule has 0 radical (unpaired) electrons. The van der Waals surface area contributed by atoms with E-state index >= 15 is 0 Å². The number of aryl methyl sites for hydroxylation is 2. The molecule has 4 rings (SSSR count). The molecule has 3 aromatic rings. The number of benzene rings is 1. The Bertz CT molecular complexity index is 786. The van der Waals surface area contributed by atoms with Crippen molar-refractivity contribution in [2.24, 2.45) is 7.05 Å². The van der Waals surface area contributed by atoms with Gasteiger partial charge in [0.2, 0.25) is 5.95 Å². The van der Waals surface area contributed by atoms with Gasteiger partial charge in [0.05, 0.1) is 5.69 Å². The molecule has 0 aliphatic heterocycles. The van der Waals surface area contributed by atoms with Gasteiger partial charge in [0.25, 0.3) is 0 Å². The number of nitrogens with zero attached hydrogens (tertiary/aromatic N) is 4. The Kier molecular flexibility index (Phi) is 2.22. The Hall–Kier alpha value is -2.30. The molecule has 1 aliphatic rings. The number of anilines is 1. The molecule has 1 aliphatic carbocycles. The number of hydrogen-bond acceptors (Lipinski definition) is 3. The first kappa shape index (κ1) is 11.5. The zero-order chi connectivity index (χ0) is 13.9. The lowest BCUT2D eigenvalue weighted by molar-refractivity contribution is 0.537. The molecule has 0 bridgehead atoms. The molecule has 0 unspecified atom stereocenters. The normalized spacial score (nSPS) is 15.1. The summed E-state index contributed by atoms with van der Waals surface area (Å²) in [6.45, 7) is 1.97. The van der Waals surface area contributed by atoms with E-state index in [1.165, 1.54) is 11.1 Å². The van der Waals surface area contributed by atoms with Crippen LogP contribution in [0.3, 0.4) is 0 Å². The van der Waals surface area contributed by atoms with E-state index in [1.54, 1.807) is 0 Å². The summed E-state index contributed by atoms with van der Waals surface area (Å²) in [6.07, 6.45) is 2.02. The summed E-state index contributed by atoms with van der Waals surface area (Å²) in [6, 6.07) is 8.94. The molecule has 2 aromatic heterocycles. The fourth-order valence-electron chi connectivity index (χ4n) is 3.39. The highest BCUT2D eigenvalue weighted by atomic mass is 15.4. The summed E-state index contributed by atoms with van der Waals surface area (Å²) in [7, 11) is 1.95. The summed E-state index contributed by atoms with van der Waals surface area (Å²) in [5, 5.41) is 4.45. The van der Waals surface area contributed by atoms with Gasteiger partial charge in [-0.05, 0) is 30.9 Å². The van der Waals surface area contributed by atoms with Crippen molar-refractivity contribution in [2.75, 3.05) is 5.73 Å². The van der Waals surface area contributed by atoms with Gasteiger partial charge in [-0.25, -0.2) is 4.98 Å². The number of nitrogen functional groups attached to an aromatic ring is 1. The Morgan fingerprint density at radius 2 is 1.85 bits per heavy atom. The highest BCUT2D eigenvalue weighted by Gasteiger charge is 2.27. The third-order valence-electron chi connectivity index (χ3n) is 4.26. The second-order valence-corrected chi connectivity index (χ2v) is 5.55. The third-order valence-corrected chi connectivity index (χ3v) is 4.26. The second-order valence-electron chi connectivity index (χ2n) is 5.55. The van der Waals surface area contributed by atoms with Crippen LogP contribution in [0.4, 0.5) is 5.95 Å². The van der Waals surface area contributed by atoms with Crippen molar-refractivity contribution < 1.29 is 0 Å². The number of aromatic nitrogens is 4. The number of imidazole rings is 1. The highest BCUT2D eigenvalue weighted by molar-refractivity contribution is 5.77. The lowest BCUT2D eigenvalue weighted by Gasteiger charge is -2.14. The van der Waals surface area contributed by atoms with Crippen molar-refractivity contribution in [3.63, 3.8) is 0 Å². The van der Waals surface area contributed by atoms with Gasteiger partial charge in [0.15, 0.2) is 5.65 Å².